The summed E-state index contributed by atoms with van der Waals surface area (Å²) in [7, 11) is 3.12. The second kappa shape index (κ2) is 5.00. The molecule has 0 amide bonds. The smallest absolute Gasteiger partial charge is 0.131 e. The Hall–Kier alpha value is -1.26. The monoisotopic (exact) mass is 211 g/mol. The molecule has 0 fully saturated rings. The van der Waals surface area contributed by atoms with Gasteiger partial charge in [0.15, 0.2) is 0 Å². The lowest BCUT2D eigenvalue weighted by Crippen LogP contribution is -2.14. The highest BCUT2D eigenvalue weighted by Crippen LogP contribution is 2.36. The molecule has 84 valence electrons. The van der Waals surface area contributed by atoms with Crippen molar-refractivity contribution in [2.24, 2.45) is 5.73 Å². The summed E-state index contributed by atoms with van der Waals surface area (Å²) in [6.07, 6.45) is -0.769. The number of aryl methyl sites for hydroxylation is 1. The van der Waals surface area contributed by atoms with Crippen molar-refractivity contribution < 1.29 is 14.6 Å². The highest BCUT2D eigenvalue weighted by molar-refractivity contribution is 5.51. The van der Waals surface area contributed by atoms with Gasteiger partial charge in [-0.1, -0.05) is 6.07 Å². The first-order valence-electron chi connectivity index (χ1n) is 4.75. The molecule has 0 bridgehead atoms. The summed E-state index contributed by atoms with van der Waals surface area (Å²) in [5.41, 5.74) is 7.00. The summed E-state index contributed by atoms with van der Waals surface area (Å²) in [6.45, 7) is 2.04. The summed E-state index contributed by atoms with van der Waals surface area (Å²) in [4.78, 5) is 0. The van der Waals surface area contributed by atoms with Gasteiger partial charge in [0.1, 0.15) is 11.5 Å². The lowest BCUT2D eigenvalue weighted by Gasteiger charge is -2.18. The predicted molar refractivity (Wildman–Crippen MR) is 58.3 cm³/mol. The zero-order chi connectivity index (χ0) is 11.4. The molecule has 0 aliphatic heterocycles. The number of rotatable bonds is 4. The first-order chi connectivity index (χ1) is 7.15. The van der Waals surface area contributed by atoms with E-state index in [-0.39, 0.29) is 6.54 Å². The average Bonchev–Trinajstić information content (AvgIpc) is 2.27. The first kappa shape index (κ1) is 11.8. The minimum absolute atomic E-state index is 0.135. The fraction of sp³-hybridized carbons (Fsp3) is 0.455. The van der Waals surface area contributed by atoms with Crippen LogP contribution in [0.5, 0.6) is 11.5 Å². The Balaban J connectivity index is 3.33. The third kappa shape index (κ3) is 2.22. The third-order valence-electron chi connectivity index (χ3n) is 2.33. The molecule has 3 N–H and O–H groups in total. The van der Waals surface area contributed by atoms with Crippen molar-refractivity contribution in [1.82, 2.24) is 0 Å². The van der Waals surface area contributed by atoms with Gasteiger partial charge >= 0.3 is 0 Å². The van der Waals surface area contributed by atoms with Crippen molar-refractivity contribution >= 4 is 0 Å². The molecule has 0 heterocycles. The van der Waals surface area contributed by atoms with E-state index >= 15 is 0 Å². The van der Waals surface area contributed by atoms with Gasteiger partial charge in [0.25, 0.3) is 0 Å². The maximum absolute atomic E-state index is 9.79. The minimum atomic E-state index is -0.769. The van der Waals surface area contributed by atoms with Crippen LogP contribution >= 0.6 is 0 Å². The molecule has 0 aliphatic rings. The zero-order valence-electron chi connectivity index (χ0n) is 9.28. The topological polar surface area (TPSA) is 64.7 Å². The lowest BCUT2D eigenvalue weighted by atomic mass is 10.0. The number of hydrogen-bond acceptors (Lipinski definition) is 4. The fourth-order valence-electron chi connectivity index (χ4n) is 1.57. The number of aliphatic hydroxyl groups excluding tert-OH is 1. The summed E-state index contributed by atoms with van der Waals surface area (Å²) >= 11 is 0. The molecule has 15 heavy (non-hydrogen) atoms. The van der Waals surface area contributed by atoms with Gasteiger partial charge in [-0.05, 0) is 18.6 Å². The van der Waals surface area contributed by atoms with Gasteiger partial charge in [-0.15, -0.1) is 0 Å². The van der Waals surface area contributed by atoms with Crippen LogP contribution in [0.15, 0.2) is 12.1 Å². The second-order valence-electron chi connectivity index (χ2n) is 3.28. The van der Waals surface area contributed by atoms with E-state index in [0.29, 0.717) is 17.1 Å². The van der Waals surface area contributed by atoms with Gasteiger partial charge in [0.05, 0.1) is 25.9 Å². The number of nitrogens with two attached hydrogens (primary N) is 1. The van der Waals surface area contributed by atoms with Crippen LogP contribution in [-0.2, 0) is 0 Å². The molecule has 0 saturated carbocycles. The summed E-state index contributed by atoms with van der Waals surface area (Å²) in [6, 6.07) is 3.68. The largest absolute Gasteiger partial charge is 0.496 e. The summed E-state index contributed by atoms with van der Waals surface area (Å²) in [5.74, 6) is 1.22. The molecular formula is C11H17NO3. The van der Waals surface area contributed by atoms with E-state index in [2.05, 4.69) is 0 Å². The maximum Gasteiger partial charge on any atom is 0.131 e. The Morgan fingerprint density at radius 1 is 1.33 bits per heavy atom. The Morgan fingerprint density at radius 3 is 2.47 bits per heavy atom. The van der Waals surface area contributed by atoms with Crippen molar-refractivity contribution in [2.45, 2.75) is 13.0 Å². The number of methoxy groups -OCH3 is 2. The van der Waals surface area contributed by atoms with Gasteiger partial charge in [-0.2, -0.15) is 0 Å². The first-order valence-corrected chi connectivity index (χ1v) is 4.75. The van der Waals surface area contributed by atoms with E-state index in [1.54, 1.807) is 20.3 Å². The highest BCUT2D eigenvalue weighted by atomic mass is 16.5. The molecule has 0 spiro atoms. The number of ether oxygens (including phenoxy) is 2. The van der Waals surface area contributed by atoms with Crippen molar-refractivity contribution in [2.75, 3.05) is 20.8 Å². The molecular weight excluding hydrogens is 194 g/mol. The molecule has 0 aromatic heterocycles. The Bertz CT molecular complexity index is 339. The van der Waals surface area contributed by atoms with E-state index in [4.69, 9.17) is 15.2 Å². The van der Waals surface area contributed by atoms with Crippen LogP contribution in [0.2, 0.25) is 0 Å². The van der Waals surface area contributed by atoms with E-state index < -0.39 is 6.10 Å². The predicted octanol–water partition coefficient (Wildman–Crippen LogP) is 1.00. The summed E-state index contributed by atoms with van der Waals surface area (Å²) in [5, 5.41) is 9.79. The highest BCUT2D eigenvalue weighted by Gasteiger charge is 2.19. The van der Waals surface area contributed by atoms with Crippen molar-refractivity contribution in [3.8, 4) is 11.5 Å². The number of benzene rings is 1. The normalized spacial score (nSPS) is 12.3. The van der Waals surface area contributed by atoms with Crippen LogP contribution in [-0.4, -0.2) is 25.9 Å². The molecule has 0 radical (unpaired) electrons. The van der Waals surface area contributed by atoms with Crippen LogP contribution in [0.4, 0.5) is 0 Å². The van der Waals surface area contributed by atoms with Crippen LogP contribution in [0.3, 0.4) is 0 Å². The third-order valence-corrected chi connectivity index (χ3v) is 2.33. The van der Waals surface area contributed by atoms with E-state index in [0.717, 1.165) is 5.56 Å². The molecule has 4 nitrogen and oxygen atoms in total. The molecule has 1 unspecified atom stereocenters. The Labute approximate surface area is 89.6 Å². The zero-order valence-corrected chi connectivity index (χ0v) is 9.28. The Kier molecular flexibility index (Phi) is 3.94. The standard InChI is InChI=1S/C11H17NO3/c1-7-4-5-9(14-2)10(8(13)6-12)11(7)15-3/h4-5,8,13H,6,12H2,1-3H3. The van der Waals surface area contributed by atoms with E-state index in [1.165, 1.54) is 0 Å². The molecule has 0 aliphatic carbocycles. The maximum atomic E-state index is 9.79. The van der Waals surface area contributed by atoms with Gasteiger partial charge in [0.2, 0.25) is 0 Å². The molecule has 1 atom stereocenters. The SMILES string of the molecule is COc1ccc(C)c(OC)c1C(O)CN. The quantitative estimate of drug-likeness (QED) is 0.780. The molecule has 0 saturated heterocycles. The fourth-order valence-corrected chi connectivity index (χ4v) is 1.57. The average molecular weight is 211 g/mol. The van der Waals surface area contributed by atoms with Gasteiger partial charge in [-0.25, -0.2) is 0 Å². The van der Waals surface area contributed by atoms with Crippen LogP contribution in [0.25, 0.3) is 0 Å². The van der Waals surface area contributed by atoms with Gasteiger partial charge in [0, 0.05) is 6.54 Å². The molecule has 4 heteroatoms. The molecule has 1 rings (SSSR count). The van der Waals surface area contributed by atoms with Gasteiger partial charge < -0.3 is 20.3 Å². The lowest BCUT2D eigenvalue weighted by molar-refractivity contribution is 0.177. The van der Waals surface area contributed by atoms with Crippen LogP contribution < -0.4 is 15.2 Å². The second-order valence-corrected chi connectivity index (χ2v) is 3.28. The van der Waals surface area contributed by atoms with Crippen molar-refractivity contribution in [1.29, 1.82) is 0 Å². The van der Waals surface area contributed by atoms with Crippen LogP contribution in [0, 0.1) is 6.92 Å². The summed E-state index contributed by atoms with van der Waals surface area (Å²) < 4.78 is 10.4. The Morgan fingerprint density at radius 2 is 2.00 bits per heavy atom. The number of aliphatic hydroxyl groups is 1. The van der Waals surface area contributed by atoms with Crippen LogP contribution in [0.1, 0.15) is 17.2 Å². The van der Waals surface area contributed by atoms with Crippen molar-refractivity contribution in [3.63, 3.8) is 0 Å². The van der Waals surface area contributed by atoms with E-state index in [9.17, 15) is 5.11 Å². The van der Waals surface area contributed by atoms with Gasteiger partial charge in [-0.3, -0.25) is 0 Å². The van der Waals surface area contributed by atoms with Crippen molar-refractivity contribution in [3.05, 3.63) is 23.3 Å². The molecule has 1 aromatic rings. The van der Waals surface area contributed by atoms with E-state index in [1.807, 2.05) is 13.0 Å². The molecule has 1 aromatic carbocycles. The number of hydrogen-bond donors (Lipinski definition) is 2. The minimum Gasteiger partial charge on any atom is -0.496 e.